The van der Waals surface area contributed by atoms with E-state index in [0.717, 1.165) is 79.1 Å². The van der Waals surface area contributed by atoms with E-state index in [2.05, 4.69) is 262 Å². The van der Waals surface area contributed by atoms with Crippen LogP contribution in [0.25, 0.3) is 98.8 Å². The molecule has 1 N–H and O–H groups in total. The van der Waals surface area contributed by atoms with Crippen LogP contribution in [-0.2, 0) is 6.61 Å². The first-order valence-corrected chi connectivity index (χ1v) is 26.5. The van der Waals surface area contributed by atoms with E-state index >= 15 is 0 Å². The highest BCUT2D eigenvalue weighted by molar-refractivity contribution is 6.28. The van der Waals surface area contributed by atoms with Gasteiger partial charge >= 0.3 is 0 Å². The SMILES string of the molecule is COc1ccc(N(c2ccc(-c3cccc(-c4ccc(N(c5ccc(CO)cc5)c5ccc6c7c5ccc5cccc(c57)n6-c5ccccc5)cc4)c3)cc2)c2ccc3c4c2ccc2cccc(c24)n3-c2ccccc2)cc1. The van der Waals surface area contributed by atoms with E-state index in [0.29, 0.717) is 0 Å². The number of ether oxygens (including phenoxy) is 1. The van der Waals surface area contributed by atoms with Gasteiger partial charge in [0.15, 0.2) is 0 Å². The Bertz CT molecular complexity index is 4360. The molecule has 2 heterocycles. The first-order chi connectivity index (χ1) is 38.6. The molecule has 78 heavy (non-hydrogen) atoms. The van der Waals surface area contributed by atoms with Gasteiger partial charge in [-0.2, -0.15) is 0 Å². The standard InChI is InChI=1S/C72H50N4O2/c1-78-60-37-35-59(36-38-60)74(64-42-44-68-72-62(64)40-28-51-12-10-20-66(70(51)72)76(68)55-17-6-3-7-18-55)58-33-25-49(26-34-58)53-14-8-13-52(45-53)48-23-31-57(32-24-48)73(56-29-21-47(46-77)22-30-56)63-41-43-67-71-61(63)39-27-50-11-9-19-65(69(50)71)75(67)54-15-4-2-5-16-54/h2-45,77H,46H2,1H3. The van der Waals surface area contributed by atoms with Crippen molar-refractivity contribution < 1.29 is 9.84 Å². The van der Waals surface area contributed by atoms with Gasteiger partial charge in [-0.05, 0) is 166 Å². The van der Waals surface area contributed by atoms with E-state index in [1.54, 1.807) is 7.11 Å². The average molecular weight is 1000 g/mol. The van der Waals surface area contributed by atoms with Gasteiger partial charge in [-0.25, -0.2) is 0 Å². The van der Waals surface area contributed by atoms with Crippen molar-refractivity contribution in [1.29, 1.82) is 0 Å². The van der Waals surface area contributed by atoms with Crippen LogP contribution in [0.2, 0.25) is 0 Å². The van der Waals surface area contributed by atoms with E-state index < -0.39 is 0 Å². The fourth-order valence-corrected chi connectivity index (χ4v) is 12.3. The second-order valence-corrected chi connectivity index (χ2v) is 20.1. The monoisotopic (exact) mass is 1000 g/mol. The molecule has 0 saturated carbocycles. The van der Waals surface area contributed by atoms with Crippen molar-refractivity contribution in [2.45, 2.75) is 6.61 Å². The summed E-state index contributed by atoms with van der Waals surface area (Å²) in [6, 6.07) is 96.1. The van der Waals surface area contributed by atoms with Crippen LogP contribution in [0.15, 0.2) is 267 Å². The fraction of sp³-hybridized carbons (Fsp3) is 0.0278. The summed E-state index contributed by atoms with van der Waals surface area (Å²) < 4.78 is 10.4. The minimum Gasteiger partial charge on any atom is -0.497 e. The lowest BCUT2D eigenvalue weighted by atomic mass is 9.97. The van der Waals surface area contributed by atoms with Crippen LogP contribution >= 0.6 is 0 Å². The predicted molar refractivity (Wildman–Crippen MR) is 325 cm³/mol. The predicted octanol–water partition coefficient (Wildman–Crippen LogP) is 18.8. The third-order valence-corrected chi connectivity index (χ3v) is 15.9. The highest BCUT2D eigenvalue weighted by atomic mass is 16.5. The van der Waals surface area contributed by atoms with Gasteiger partial charge < -0.3 is 28.8 Å². The highest BCUT2D eigenvalue weighted by Gasteiger charge is 2.25. The molecular weight excluding hydrogens is 953 g/mol. The quantitative estimate of drug-likeness (QED) is 0.124. The zero-order valence-corrected chi connectivity index (χ0v) is 42.8. The number of benzene rings is 13. The number of anilines is 6. The number of aliphatic hydroxyl groups is 1. The maximum Gasteiger partial charge on any atom is 0.119 e. The summed E-state index contributed by atoms with van der Waals surface area (Å²) in [5, 5.41) is 19.9. The number of aliphatic hydroxyl groups excluding tert-OH is 1. The van der Waals surface area contributed by atoms with Gasteiger partial charge in [-0.3, -0.25) is 0 Å². The lowest BCUT2D eigenvalue weighted by molar-refractivity contribution is 0.282. The van der Waals surface area contributed by atoms with E-state index in [1.807, 2.05) is 24.3 Å². The third kappa shape index (κ3) is 7.22. The summed E-state index contributed by atoms with van der Waals surface area (Å²) in [6.45, 7) is -0.0126. The molecule has 15 aromatic rings. The number of hydrogen-bond acceptors (Lipinski definition) is 4. The number of methoxy groups -OCH3 is 1. The Labute approximate surface area is 451 Å². The number of para-hydroxylation sites is 2. The molecule has 2 aromatic heterocycles. The van der Waals surface area contributed by atoms with Gasteiger partial charge in [0.05, 0.1) is 47.2 Å². The van der Waals surface area contributed by atoms with Crippen LogP contribution in [0, 0.1) is 0 Å². The van der Waals surface area contributed by atoms with Crippen LogP contribution in [0.3, 0.4) is 0 Å². The van der Waals surface area contributed by atoms with Crippen molar-refractivity contribution in [2.24, 2.45) is 0 Å². The van der Waals surface area contributed by atoms with Gasteiger partial charge in [0, 0.05) is 66.4 Å². The zero-order valence-electron chi connectivity index (χ0n) is 42.8. The first-order valence-electron chi connectivity index (χ1n) is 26.5. The molecule has 0 saturated heterocycles. The second-order valence-electron chi connectivity index (χ2n) is 20.1. The topological polar surface area (TPSA) is 45.8 Å². The second kappa shape index (κ2) is 18.3. The molecule has 0 fully saturated rings. The normalized spacial score (nSPS) is 11.8. The molecule has 0 spiro atoms. The summed E-state index contributed by atoms with van der Waals surface area (Å²) in [5.41, 5.74) is 18.8. The molecule has 13 aromatic carbocycles. The number of nitrogens with zero attached hydrogens (tertiary/aromatic N) is 4. The molecule has 0 aliphatic heterocycles. The third-order valence-electron chi connectivity index (χ3n) is 15.9. The van der Waals surface area contributed by atoms with Crippen LogP contribution in [0.5, 0.6) is 5.75 Å². The Morgan fingerprint density at radius 3 is 1.19 bits per heavy atom. The molecule has 0 unspecified atom stereocenters. The van der Waals surface area contributed by atoms with Crippen LogP contribution < -0.4 is 14.5 Å². The Morgan fingerprint density at radius 1 is 0.346 bits per heavy atom. The molecule has 0 amide bonds. The summed E-state index contributed by atoms with van der Waals surface area (Å²) in [4.78, 5) is 4.72. The summed E-state index contributed by atoms with van der Waals surface area (Å²) >= 11 is 0. The minimum atomic E-state index is -0.0126. The van der Waals surface area contributed by atoms with E-state index in [9.17, 15) is 5.11 Å². The molecule has 0 radical (unpaired) electrons. The molecule has 0 bridgehead atoms. The number of hydrogen-bond donors (Lipinski definition) is 1. The summed E-state index contributed by atoms with van der Waals surface area (Å²) in [6.07, 6.45) is 0. The minimum absolute atomic E-state index is 0.0126. The smallest absolute Gasteiger partial charge is 0.119 e. The van der Waals surface area contributed by atoms with Crippen molar-refractivity contribution in [3.8, 4) is 39.4 Å². The van der Waals surface area contributed by atoms with E-state index in [1.165, 1.54) is 65.2 Å². The van der Waals surface area contributed by atoms with Crippen molar-refractivity contribution in [3.63, 3.8) is 0 Å². The number of rotatable bonds is 12. The molecule has 370 valence electrons. The van der Waals surface area contributed by atoms with Crippen LogP contribution in [0.4, 0.5) is 34.1 Å². The molecule has 0 aliphatic rings. The van der Waals surface area contributed by atoms with Crippen LogP contribution in [-0.4, -0.2) is 21.4 Å². The maximum atomic E-state index is 10.0. The van der Waals surface area contributed by atoms with Crippen LogP contribution in [0.1, 0.15) is 5.56 Å². The Morgan fingerprint density at radius 2 is 0.756 bits per heavy atom. The van der Waals surface area contributed by atoms with Gasteiger partial charge in [0.25, 0.3) is 0 Å². The average Bonchev–Trinajstić information content (AvgIpc) is 4.13. The largest absolute Gasteiger partial charge is 0.497 e. The fourth-order valence-electron chi connectivity index (χ4n) is 12.3. The highest BCUT2D eigenvalue weighted by Crippen LogP contribution is 2.48. The first kappa shape index (κ1) is 45.3. The lowest BCUT2D eigenvalue weighted by Gasteiger charge is -2.27. The van der Waals surface area contributed by atoms with E-state index in [-0.39, 0.29) is 6.61 Å². The molecule has 6 heteroatoms. The van der Waals surface area contributed by atoms with E-state index in [4.69, 9.17) is 4.74 Å². The van der Waals surface area contributed by atoms with Crippen molar-refractivity contribution in [3.05, 3.63) is 272 Å². The van der Waals surface area contributed by atoms with Gasteiger partial charge in [0.1, 0.15) is 5.75 Å². The molecular formula is C72H50N4O2. The van der Waals surface area contributed by atoms with Gasteiger partial charge in [-0.15, -0.1) is 0 Å². The summed E-state index contributed by atoms with van der Waals surface area (Å²) in [5.74, 6) is 0.813. The zero-order chi connectivity index (χ0) is 51.8. The number of aromatic nitrogens is 2. The molecule has 0 aliphatic carbocycles. The lowest BCUT2D eigenvalue weighted by Crippen LogP contribution is -2.10. The molecule has 15 rings (SSSR count). The van der Waals surface area contributed by atoms with Gasteiger partial charge in [-0.1, -0.05) is 140 Å². The van der Waals surface area contributed by atoms with Gasteiger partial charge in [0.2, 0.25) is 0 Å². The summed E-state index contributed by atoms with van der Waals surface area (Å²) in [7, 11) is 1.71. The van der Waals surface area contributed by atoms with Crippen molar-refractivity contribution in [1.82, 2.24) is 9.13 Å². The van der Waals surface area contributed by atoms with Crippen molar-refractivity contribution in [2.75, 3.05) is 16.9 Å². The Hall–Kier alpha value is -10.1. The molecule has 0 atom stereocenters. The Balaban J connectivity index is 0.791. The molecule has 6 nitrogen and oxygen atoms in total. The maximum absolute atomic E-state index is 10.0. The van der Waals surface area contributed by atoms with Crippen molar-refractivity contribution >= 4 is 99.3 Å². The Kier molecular flexibility index (Phi) is 10.6.